The molecule has 0 unspecified atom stereocenters. The Labute approximate surface area is 141 Å². The monoisotopic (exact) mass is 327 g/mol. The molecule has 24 heavy (non-hydrogen) atoms. The van der Waals surface area contributed by atoms with E-state index in [1.807, 2.05) is 19.1 Å². The molecule has 0 saturated carbocycles. The first kappa shape index (κ1) is 17.5. The van der Waals surface area contributed by atoms with Crippen LogP contribution in [-0.2, 0) is 16.0 Å². The second-order valence-electron chi connectivity index (χ2n) is 5.62. The van der Waals surface area contributed by atoms with Gasteiger partial charge in [0.1, 0.15) is 5.75 Å². The van der Waals surface area contributed by atoms with E-state index in [9.17, 15) is 14.7 Å². The van der Waals surface area contributed by atoms with Crippen LogP contribution in [0.2, 0.25) is 0 Å². The summed E-state index contributed by atoms with van der Waals surface area (Å²) in [6.45, 7) is 2.05. The quantitative estimate of drug-likeness (QED) is 0.799. The Bertz CT molecular complexity index is 710. The summed E-state index contributed by atoms with van der Waals surface area (Å²) in [6, 6.07) is 13.9. The van der Waals surface area contributed by atoms with Crippen LogP contribution in [0.25, 0.3) is 0 Å². The lowest BCUT2D eigenvalue weighted by atomic mass is 9.99. The Balaban J connectivity index is 2.04. The number of ether oxygens (including phenoxy) is 1. The molecular formula is C19H21NO4. The highest BCUT2D eigenvalue weighted by molar-refractivity contribution is 5.95. The number of rotatable bonds is 6. The molecule has 0 heterocycles. The number of hydrogen-bond acceptors (Lipinski definition) is 4. The van der Waals surface area contributed by atoms with Crippen molar-refractivity contribution in [2.75, 3.05) is 13.7 Å². The number of methoxy groups -OCH3 is 1. The van der Waals surface area contributed by atoms with Crippen molar-refractivity contribution >= 4 is 11.9 Å². The zero-order chi connectivity index (χ0) is 17.5. The molecular weight excluding hydrogens is 306 g/mol. The minimum Gasteiger partial charge on any atom is -0.508 e. The summed E-state index contributed by atoms with van der Waals surface area (Å²) >= 11 is 0. The number of amides is 1. The van der Waals surface area contributed by atoms with E-state index in [1.165, 1.54) is 7.11 Å². The van der Waals surface area contributed by atoms with Gasteiger partial charge in [0, 0.05) is 12.1 Å². The molecule has 126 valence electrons. The molecule has 5 heteroatoms. The Hall–Kier alpha value is -2.82. The van der Waals surface area contributed by atoms with E-state index in [0.29, 0.717) is 12.0 Å². The SMILES string of the molecule is COC(=O)[C@@H](CNC(=O)c1ccccc1C)Cc1ccc(O)cc1. The van der Waals surface area contributed by atoms with Gasteiger partial charge in [-0.1, -0.05) is 30.3 Å². The van der Waals surface area contributed by atoms with Crippen LogP contribution in [0, 0.1) is 12.8 Å². The highest BCUT2D eigenvalue weighted by Gasteiger charge is 2.21. The van der Waals surface area contributed by atoms with E-state index in [4.69, 9.17) is 4.74 Å². The Morgan fingerprint density at radius 1 is 1.12 bits per heavy atom. The summed E-state index contributed by atoms with van der Waals surface area (Å²) in [5.41, 5.74) is 2.35. The maximum atomic E-state index is 12.3. The number of carbonyl (C=O) groups excluding carboxylic acids is 2. The highest BCUT2D eigenvalue weighted by atomic mass is 16.5. The average Bonchev–Trinajstić information content (AvgIpc) is 2.59. The van der Waals surface area contributed by atoms with Crippen molar-refractivity contribution < 1.29 is 19.4 Å². The lowest BCUT2D eigenvalue weighted by molar-refractivity contribution is -0.145. The van der Waals surface area contributed by atoms with Gasteiger partial charge in [-0.3, -0.25) is 9.59 Å². The van der Waals surface area contributed by atoms with E-state index in [-0.39, 0.29) is 24.2 Å². The minimum absolute atomic E-state index is 0.168. The van der Waals surface area contributed by atoms with E-state index in [2.05, 4.69) is 5.32 Å². The van der Waals surface area contributed by atoms with Crippen molar-refractivity contribution in [2.45, 2.75) is 13.3 Å². The van der Waals surface area contributed by atoms with Crippen molar-refractivity contribution in [1.29, 1.82) is 0 Å². The molecule has 1 atom stereocenters. The fourth-order valence-electron chi connectivity index (χ4n) is 2.46. The third kappa shape index (κ3) is 4.59. The van der Waals surface area contributed by atoms with Gasteiger partial charge < -0.3 is 15.2 Å². The predicted molar refractivity (Wildman–Crippen MR) is 90.8 cm³/mol. The molecule has 0 aliphatic carbocycles. The van der Waals surface area contributed by atoms with Crippen molar-refractivity contribution in [1.82, 2.24) is 5.32 Å². The summed E-state index contributed by atoms with van der Waals surface area (Å²) in [5.74, 6) is -0.922. The number of esters is 1. The summed E-state index contributed by atoms with van der Waals surface area (Å²) < 4.78 is 4.83. The molecule has 0 saturated heterocycles. The smallest absolute Gasteiger partial charge is 0.310 e. The summed E-state index contributed by atoms with van der Waals surface area (Å²) in [4.78, 5) is 24.3. The van der Waals surface area contributed by atoms with E-state index < -0.39 is 5.92 Å². The molecule has 0 radical (unpaired) electrons. The Kier molecular flexibility index (Phi) is 5.95. The van der Waals surface area contributed by atoms with Crippen molar-refractivity contribution in [2.24, 2.45) is 5.92 Å². The third-order valence-corrected chi connectivity index (χ3v) is 3.85. The zero-order valence-electron chi connectivity index (χ0n) is 13.8. The van der Waals surface area contributed by atoms with Crippen LogP contribution in [0.4, 0.5) is 0 Å². The lowest BCUT2D eigenvalue weighted by Crippen LogP contribution is -2.35. The molecule has 0 fully saturated rings. The summed E-state index contributed by atoms with van der Waals surface area (Å²) in [5, 5.41) is 12.1. The number of hydrogen-bond donors (Lipinski definition) is 2. The van der Waals surface area contributed by atoms with Crippen LogP contribution in [0.1, 0.15) is 21.5 Å². The number of aryl methyl sites for hydroxylation is 1. The van der Waals surface area contributed by atoms with E-state index in [1.54, 1.807) is 36.4 Å². The molecule has 2 aromatic rings. The summed E-state index contributed by atoms with van der Waals surface area (Å²) in [6.07, 6.45) is 0.418. The standard InChI is InChI=1S/C19H21NO4/c1-13-5-3-4-6-17(13)18(22)20-12-15(19(23)24-2)11-14-7-9-16(21)10-8-14/h3-10,15,21H,11-12H2,1-2H3,(H,20,22)/t15-/m1/s1. The van der Waals surface area contributed by atoms with Gasteiger partial charge in [-0.15, -0.1) is 0 Å². The van der Waals surface area contributed by atoms with Gasteiger partial charge in [0.25, 0.3) is 5.91 Å². The van der Waals surface area contributed by atoms with Gasteiger partial charge >= 0.3 is 5.97 Å². The second-order valence-corrected chi connectivity index (χ2v) is 5.62. The molecule has 0 aromatic heterocycles. The van der Waals surface area contributed by atoms with Crippen LogP contribution in [0.3, 0.4) is 0 Å². The molecule has 2 N–H and O–H groups in total. The fraction of sp³-hybridized carbons (Fsp3) is 0.263. The molecule has 0 bridgehead atoms. The molecule has 0 aliphatic heterocycles. The van der Waals surface area contributed by atoms with Crippen molar-refractivity contribution in [3.63, 3.8) is 0 Å². The van der Waals surface area contributed by atoms with Crippen LogP contribution < -0.4 is 5.32 Å². The normalized spacial score (nSPS) is 11.6. The zero-order valence-corrected chi connectivity index (χ0v) is 13.8. The largest absolute Gasteiger partial charge is 0.508 e. The first-order valence-corrected chi connectivity index (χ1v) is 7.71. The maximum Gasteiger partial charge on any atom is 0.310 e. The van der Waals surface area contributed by atoms with Gasteiger partial charge in [0.05, 0.1) is 13.0 Å². The number of phenolic OH excluding ortho intramolecular Hbond substituents is 1. The summed E-state index contributed by atoms with van der Waals surface area (Å²) in [7, 11) is 1.33. The predicted octanol–water partition coefficient (Wildman–Crippen LogP) is 2.46. The molecule has 5 nitrogen and oxygen atoms in total. The van der Waals surface area contributed by atoms with Crippen LogP contribution in [0.15, 0.2) is 48.5 Å². The number of carbonyl (C=O) groups is 2. The van der Waals surface area contributed by atoms with Crippen LogP contribution in [-0.4, -0.2) is 30.6 Å². The van der Waals surface area contributed by atoms with Crippen molar-refractivity contribution in [3.05, 3.63) is 65.2 Å². The van der Waals surface area contributed by atoms with Gasteiger partial charge in [0.2, 0.25) is 0 Å². The first-order valence-electron chi connectivity index (χ1n) is 7.71. The molecule has 2 aromatic carbocycles. The Morgan fingerprint density at radius 2 is 1.79 bits per heavy atom. The van der Waals surface area contributed by atoms with Crippen LogP contribution in [0.5, 0.6) is 5.75 Å². The number of benzene rings is 2. The Morgan fingerprint density at radius 3 is 2.42 bits per heavy atom. The lowest BCUT2D eigenvalue weighted by Gasteiger charge is -2.16. The molecule has 0 spiro atoms. The average molecular weight is 327 g/mol. The fourth-order valence-corrected chi connectivity index (χ4v) is 2.46. The number of phenols is 1. The van der Waals surface area contributed by atoms with Crippen LogP contribution >= 0.6 is 0 Å². The number of aromatic hydroxyl groups is 1. The van der Waals surface area contributed by atoms with Crippen molar-refractivity contribution in [3.8, 4) is 5.75 Å². The van der Waals surface area contributed by atoms with E-state index >= 15 is 0 Å². The van der Waals surface area contributed by atoms with Gasteiger partial charge in [-0.05, 0) is 42.7 Å². The van der Waals surface area contributed by atoms with Gasteiger partial charge in [-0.25, -0.2) is 0 Å². The highest BCUT2D eigenvalue weighted by Crippen LogP contribution is 2.15. The van der Waals surface area contributed by atoms with E-state index in [0.717, 1.165) is 11.1 Å². The van der Waals surface area contributed by atoms with Gasteiger partial charge in [-0.2, -0.15) is 0 Å². The molecule has 1 amide bonds. The second kappa shape index (κ2) is 8.15. The third-order valence-electron chi connectivity index (χ3n) is 3.85. The number of nitrogens with one attached hydrogen (secondary N) is 1. The maximum absolute atomic E-state index is 12.3. The first-order chi connectivity index (χ1) is 11.5. The molecule has 2 rings (SSSR count). The topological polar surface area (TPSA) is 75.6 Å². The minimum atomic E-state index is -0.493. The van der Waals surface area contributed by atoms with Gasteiger partial charge in [0.15, 0.2) is 0 Å². The molecule has 0 aliphatic rings.